The highest BCUT2D eigenvalue weighted by atomic mass is 19.1. The average molecular weight is 541 g/mol. The second-order valence-electron chi connectivity index (χ2n) is 14.1. The van der Waals surface area contributed by atoms with Gasteiger partial charge in [-0.05, 0) is 130 Å². The van der Waals surface area contributed by atoms with Crippen molar-refractivity contribution in [3.63, 3.8) is 0 Å². The van der Waals surface area contributed by atoms with Crippen molar-refractivity contribution in [3.05, 3.63) is 59.7 Å². The number of amides is 1. The molecule has 7 saturated carbocycles. The van der Waals surface area contributed by atoms with E-state index in [-0.39, 0.29) is 22.2 Å². The summed E-state index contributed by atoms with van der Waals surface area (Å²) in [6, 6.07) is 12.5. The van der Waals surface area contributed by atoms with Gasteiger partial charge in [-0.25, -0.2) is 4.39 Å². The van der Waals surface area contributed by atoms with Crippen LogP contribution in [0.5, 0.6) is 0 Å². The minimum Gasteiger partial charge on any atom is -0.334 e. The molecule has 1 amide bonds. The molecule has 7 fully saturated rings. The van der Waals surface area contributed by atoms with Crippen LogP contribution in [0.3, 0.4) is 0 Å². The van der Waals surface area contributed by atoms with Crippen LogP contribution in [0, 0.1) is 17.8 Å². The van der Waals surface area contributed by atoms with Crippen LogP contribution in [0.25, 0.3) is 11.5 Å². The molecule has 1 aromatic carbocycles. The summed E-state index contributed by atoms with van der Waals surface area (Å²) in [5, 5.41) is 4.20. The minimum absolute atomic E-state index is 0.111. The average Bonchev–Trinajstić information content (AvgIpc) is 3.67. The lowest BCUT2D eigenvalue weighted by atomic mass is 9.41. The quantitative estimate of drug-likeness (QED) is 0.302. The Morgan fingerprint density at radius 3 is 2.45 bits per heavy atom. The van der Waals surface area contributed by atoms with E-state index in [9.17, 15) is 9.18 Å². The maximum absolute atomic E-state index is 14.3. The summed E-state index contributed by atoms with van der Waals surface area (Å²) in [5.41, 5.74) is 3.48. The van der Waals surface area contributed by atoms with E-state index in [1.807, 2.05) is 35.4 Å². The number of pyridine rings is 1. The van der Waals surface area contributed by atoms with Crippen molar-refractivity contribution in [1.29, 1.82) is 0 Å². The number of nitrogens with zero attached hydrogens (tertiary/aromatic N) is 4. The molecule has 7 aliphatic rings. The Morgan fingerprint density at radius 2 is 1.77 bits per heavy atom. The first-order valence-electron chi connectivity index (χ1n) is 15.1. The molecule has 2 heterocycles. The van der Waals surface area contributed by atoms with E-state index in [0.29, 0.717) is 37.5 Å². The van der Waals surface area contributed by atoms with Crippen LogP contribution in [0.1, 0.15) is 100 Å². The second-order valence-corrected chi connectivity index (χ2v) is 14.1. The fourth-order valence-electron chi connectivity index (χ4n) is 8.60. The fourth-order valence-corrected chi connectivity index (χ4v) is 8.60. The Bertz CT molecular complexity index is 1450. The number of benzene rings is 1. The standard InChI is InChI=1S/C33H37FN4O2/c1-22-15-25(7-14-35-22)32-11-8-30(9-12-32,10-13-32)21-38(27(39)17-31-18-33(34,19-31)20-31)26-4-2-3-24(16-26)29-36-28(37-40-29)23-5-6-23/h2-4,7,14-16,23H,5-6,8-13,17-21H2,1H3. The molecule has 0 N–H and O–H groups in total. The van der Waals surface area contributed by atoms with Crippen LogP contribution >= 0.6 is 0 Å². The van der Waals surface area contributed by atoms with Gasteiger partial charge in [-0.15, -0.1) is 0 Å². The van der Waals surface area contributed by atoms with Crippen molar-refractivity contribution in [2.75, 3.05) is 11.4 Å². The number of aryl methyl sites for hydroxylation is 1. The van der Waals surface area contributed by atoms with Crippen LogP contribution < -0.4 is 4.90 Å². The molecule has 10 rings (SSSR count). The van der Waals surface area contributed by atoms with Crippen LogP contribution in [0.4, 0.5) is 10.1 Å². The molecule has 0 unspecified atom stereocenters. The molecule has 7 heteroatoms. The molecular weight excluding hydrogens is 503 g/mol. The third-order valence-corrected chi connectivity index (χ3v) is 11.1. The van der Waals surface area contributed by atoms with E-state index in [1.165, 1.54) is 5.56 Å². The van der Waals surface area contributed by atoms with Gasteiger partial charge in [-0.3, -0.25) is 9.78 Å². The summed E-state index contributed by atoms with van der Waals surface area (Å²) in [6.07, 6.45) is 13.1. The molecule has 0 spiro atoms. The van der Waals surface area contributed by atoms with Crippen molar-refractivity contribution < 1.29 is 13.7 Å². The summed E-state index contributed by atoms with van der Waals surface area (Å²) < 4.78 is 20.0. The first-order chi connectivity index (χ1) is 19.3. The smallest absolute Gasteiger partial charge is 0.258 e. The topological polar surface area (TPSA) is 72.1 Å². The zero-order valence-corrected chi connectivity index (χ0v) is 23.3. The molecule has 6 nitrogen and oxygen atoms in total. The summed E-state index contributed by atoms with van der Waals surface area (Å²) in [7, 11) is 0. The maximum atomic E-state index is 14.3. The second kappa shape index (κ2) is 8.46. The Balaban J connectivity index is 1.07. The lowest BCUT2D eigenvalue weighted by Gasteiger charge is -2.66. The van der Waals surface area contributed by atoms with Gasteiger partial charge in [-0.1, -0.05) is 11.2 Å². The highest BCUT2D eigenvalue weighted by Crippen LogP contribution is 2.71. The SMILES string of the molecule is Cc1cc(C23CCC(CN(C(=O)CC45CC(F)(C4)C5)c4cccc(-c5nc(C6CC6)no5)c4)(CC2)CC3)ccn1. The maximum Gasteiger partial charge on any atom is 0.258 e. The van der Waals surface area contributed by atoms with E-state index in [1.54, 1.807) is 0 Å². The molecule has 7 aliphatic carbocycles. The minimum atomic E-state index is -0.998. The monoisotopic (exact) mass is 540 g/mol. The van der Waals surface area contributed by atoms with E-state index in [0.717, 1.165) is 80.7 Å². The van der Waals surface area contributed by atoms with E-state index < -0.39 is 5.67 Å². The Labute approximate surface area is 234 Å². The van der Waals surface area contributed by atoms with Gasteiger partial charge in [0.05, 0.1) is 0 Å². The number of alkyl halides is 1. The number of hydrogen-bond donors (Lipinski definition) is 0. The molecule has 3 aromatic rings. The van der Waals surface area contributed by atoms with Gasteiger partial charge < -0.3 is 9.42 Å². The van der Waals surface area contributed by atoms with Crippen molar-refractivity contribution in [2.45, 2.75) is 101 Å². The zero-order chi connectivity index (χ0) is 27.2. The van der Waals surface area contributed by atoms with Crippen molar-refractivity contribution in [3.8, 4) is 11.5 Å². The van der Waals surface area contributed by atoms with Gasteiger partial charge >= 0.3 is 0 Å². The molecule has 0 aliphatic heterocycles. The number of hydrogen-bond acceptors (Lipinski definition) is 5. The summed E-state index contributed by atoms with van der Waals surface area (Å²) in [4.78, 5) is 25.1. The van der Waals surface area contributed by atoms with Gasteiger partial charge in [0.2, 0.25) is 5.91 Å². The molecule has 4 bridgehead atoms. The number of fused-ring (bicyclic) bond motifs is 3. The Kier molecular flexibility index (Phi) is 5.22. The predicted molar refractivity (Wildman–Crippen MR) is 150 cm³/mol. The molecule has 0 atom stereocenters. The van der Waals surface area contributed by atoms with Gasteiger partial charge in [0.1, 0.15) is 5.67 Å². The number of anilines is 1. The molecule has 2 aromatic heterocycles. The Hall–Kier alpha value is -3.09. The lowest BCUT2D eigenvalue weighted by molar-refractivity contribution is -0.215. The largest absolute Gasteiger partial charge is 0.334 e. The number of carbonyl (C=O) groups excluding carboxylic acids is 1. The highest BCUT2D eigenvalue weighted by Gasteiger charge is 2.69. The van der Waals surface area contributed by atoms with E-state index in [4.69, 9.17) is 4.52 Å². The summed E-state index contributed by atoms with van der Waals surface area (Å²) in [6.45, 7) is 2.79. The summed E-state index contributed by atoms with van der Waals surface area (Å²) in [5.74, 6) is 1.85. The molecule has 0 radical (unpaired) electrons. The van der Waals surface area contributed by atoms with Crippen LogP contribution in [0.15, 0.2) is 47.1 Å². The van der Waals surface area contributed by atoms with Gasteiger partial charge in [0.15, 0.2) is 5.82 Å². The van der Waals surface area contributed by atoms with Crippen molar-refractivity contribution >= 4 is 11.6 Å². The number of rotatable bonds is 8. The third kappa shape index (κ3) is 4.02. The lowest BCUT2D eigenvalue weighted by Crippen LogP contribution is -2.65. The summed E-state index contributed by atoms with van der Waals surface area (Å²) >= 11 is 0. The first-order valence-corrected chi connectivity index (χ1v) is 15.1. The van der Waals surface area contributed by atoms with E-state index >= 15 is 0 Å². The third-order valence-electron chi connectivity index (χ3n) is 11.1. The fraction of sp³-hybridized carbons (Fsp3) is 0.576. The van der Waals surface area contributed by atoms with Gasteiger partial charge in [0.25, 0.3) is 5.89 Å². The van der Waals surface area contributed by atoms with Crippen molar-refractivity contribution in [2.24, 2.45) is 10.8 Å². The van der Waals surface area contributed by atoms with Gasteiger partial charge in [-0.2, -0.15) is 4.98 Å². The first kappa shape index (κ1) is 24.7. The van der Waals surface area contributed by atoms with Crippen molar-refractivity contribution in [1.82, 2.24) is 15.1 Å². The normalized spacial score (nSPS) is 33.8. The zero-order valence-electron chi connectivity index (χ0n) is 23.3. The predicted octanol–water partition coefficient (Wildman–Crippen LogP) is 7.22. The van der Waals surface area contributed by atoms with Gasteiger partial charge in [0, 0.05) is 42.0 Å². The highest BCUT2D eigenvalue weighted by molar-refractivity contribution is 5.94. The molecule has 40 heavy (non-hydrogen) atoms. The van der Waals surface area contributed by atoms with Crippen LogP contribution in [-0.2, 0) is 10.2 Å². The number of halogens is 1. The number of aromatic nitrogens is 3. The number of carbonyl (C=O) groups is 1. The molecule has 208 valence electrons. The van der Waals surface area contributed by atoms with Crippen LogP contribution in [-0.4, -0.2) is 33.2 Å². The van der Waals surface area contributed by atoms with Crippen LogP contribution in [0.2, 0.25) is 0 Å². The molecular formula is C33H37FN4O2. The Morgan fingerprint density at radius 1 is 1.02 bits per heavy atom. The van der Waals surface area contributed by atoms with E-state index in [2.05, 4.69) is 34.2 Å². The molecule has 0 saturated heterocycles.